The number of nitrogens with zero attached hydrogens (tertiary/aromatic N) is 1. The van der Waals surface area contributed by atoms with E-state index in [1.807, 2.05) is 59.7 Å². The molecule has 0 aliphatic carbocycles. The molecular weight excluding hydrogens is 344 g/mol. The molecule has 1 unspecified atom stereocenters. The molecule has 6 heteroatoms. The van der Waals surface area contributed by atoms with Crippen LogP contribution in [-0.4, -0.2) is 42.0 Å². The third kappa shape index (κ3) is 10.4. The highest BCUT2D eigenvalue weighted by Crippen LogP contribution is 2.16. The van der Waals surface area contributed by atoms with Gasteiger partial charge in [0.1, 0.15) is 12.6 Å². The third-order valence-electron chi connectivity index (χ3n) is 3.32. The van der Waals surface area contributed by atoms with Gasteiger partial charge in [0.05, 0.1) is 6.54 Å². The Morgan fingerprint density at radius 1 is 0.963 bits per heavy atom. The number of aryl methyl sites for hydroxylation is 1. The molecule has 1 aromatic rings. The van der Waals surface area contributed by atoms with Crippen molar-refractivity contribution in [2.24, 2.45) is 0 Å². The van der Waals surface area contributed by atoms with E-state index in [1.54, 1.807) is 0 Å². The summed E-state index contributed by atoms with van der Waals surface area (Å²) in [6.45, 7) is 14.8. The molecule has 1 aromatic carbocycles. The van der Waals surface area contributed by atoms with Crippen molar-refractivity contribution in [3.8, 4) is 0 Å². The number of imide groups is 1. The van der Waals surface area contributed by atoms with Gasteiger partial charge in [0, 0.05) is 6.42 Å². The van der Waals surface area contributed by atoms with Gasteiger partial charge in [-0.05, 0) is 13.3 Å². The normalized spacial score (nSPS) is 17.2. The summed E-state index contributed by atoms with van der Waals surface area (Å²) in [5.74, 6) is -0.682. The predicted molar refractivity (Wildman–Crippen MR) is 109 cm³/mol. The van der Waals surface area contributed by atoms with E-state index >= 15 is 0 Å². The number of benzene rings is 1. The van der Waals surface area contributed by atoms with Gasteiger partial charge in [-0.15, -0.1) is 0 Å². The smallest absolute Gasteiger partial charge is 0.410 e. The first-order valence-electron chi connectivity index (χ1n) is 9.86. The Labute approximate surface area is 164 Å². The minimum atomic E-state index is -0.539. The van der Waals surface area contributed by atoms with E-state index < -0.39 is 18.0 Å². The Hall–Kier alpha value is -2.37. The molecule has 2 aliphatic heterocycles. The first kappa shape index (κ1) is 26.9. The van der Waals surface area contributed by atoms with Gasteiger partial charge in [-0.25, -0.2) is 4.79 Å². The van der Waals surface area contributed by atoms with Gasteiger partial charge < -0.3 is 4.74 Å². The maximum Gasteiger partial charge on any atom is 0.410 e. The summed E-state index contributed by atoms with van der Waals surface area (Å²) in [5, 5.41) is 2.20. The molecule has 3 amide bonds. The highest BCUT2D eigenvalue weighted by atomic mass is 16.6. The van der Waals surface area contributed by atoms with Gasteiger partial charge in [0.25, 0.3) is 0 Å². The van der Waals surface area contributed by atoms with Gasteiger partial charge in [-0.1, -0.05) is 77.4 Å². The summed E-state index contributed by atoms with van der Waals surface area (Å²) < 4.78 is 4.72. The van der Waals surface area contributed by atoms with E-state index in [4.69, 9.17) is 4.74 Å². The zero-order chi connectivity index (χ0) is 21.2. The molecule has 0 spiro atoms. The second kappa shape index (κ2) is 17.1. The maximum atomic E-state index is 11.4. The van der Waals surface area contributed by atoms with Crippen molar-refractivity contribution in [1.82, 2.24) is 10.2 Å². The van der Waals surface area contributed by atoms with E-state index in [1.165, 1.54) is 10.5 Å². The van der Waals surface area contributed by atoms with E-state index in [-0.39, 0.29) is 12.3 Å². The Balaban J connectivity index is 0. The number of ether oxygens (including phenoxy) is 1. The number of hydrogen-bond donors (Lipinski definition) is 1. The van der Waals surface area contributed by atoms with Crippen LogP contribution in [0.15, 0.2) is 30.3 Å². The van der Waals surface area contributed by atoms with E-state index in [9.17, 15) is 14.4 Å². The molecule has 2 saturated heterocycles. The van der Waals surface area contributed by atoms with Crippen molar-refractivity contribution in [3.05, 3.63) is 35.9 Å². The molecule has 0 aromatic heterocycles. The fourth-order valence-corrected chi connectivity index (χ4v) is 2.20. The highest BCUT2D eigenvalue weighted by Gasteiger charge is 2.37. The van der Waals surface area contributed by atoms with Crippen molar-refractivity contribution in [2.45, 2.75) is 67.3 Å². The van der Waals surface area contributed by atoms with Crippen LogP contribution in [0, 0.1) is 6.92 Å². The fourth-order valence-electron chi connectivity index (χ4n) is 2.20. The van der Waals surface area contributed by atoms with E-state index in [2.05, 4.69) is 24.4 Å². The molecule has 154 valence electrons. The Bertz CT molecular complexity index is 532. The van der Waals surface area contributed by atoms with Crippen molar-refractivity contribution in [3.63, 3.8) is 0 Å². The summed E-state index contributed by atoms with van der Waals surface area (Å²) in [7, 11) is 0. The number of rotatable bonds is 1. The molecule has 0 saturated carbocycles. The molecule has 2 aliphatic rings. The second-order valence-electron chi connectivity index (χ2n) is 4.93. The number of nitrogens with one attached hydrogen (secondary N) is 1. The lowest BCUT2D eigenvalue weighted by Gasteiger charge is -2.27. The van der Waals surface area contributed by atoms with Crippen molar-refractivity contribution >= 4 is 17.9 Å². The van der Waals surface area contributed by atoms with E-state index in [0.29, 0.717) is 19.6 Å². The van der Waals surface area contributed by atoms with Gasteiger partial charge in [0.15, 0.2) is 0 Å². The fraction of sp³-hybridized carbons (Fsp3) is 0.571. The van der Waals surface area contributed by atoms with Gasteiger partial charge in [-0.2, -0.15) is 0 Å². The van der Waals surface area contributed by atoms with Crippen LogP contribution >= 0.6 is 0 Å². The molecule has 3 rings (SSSR count). The number of piperidine rings is 1. The largest absolute Gasteiger partial charge is 0.448 e. The number of amides is 3. The van der Waals surface area contributed by atoms with Crippen molar-refractivity contribution in [1.29, 1.82) is 0 Å². The van der Waals surface area contributed by atoms with Crippen molar-refractivity contribution < 1.29 is 19.1 Å². The van der Waals surface area contributed by atoms with Crippen LogP contribution in [0.3, 0.4) is 0 Å². The maximum absolute atomic E-state index is 11.4. The Kier molecular flexibility index (Phi) is 17.0. The first-order chi connectivity index (χ1) is 13.1. The van der Waals surface area contributed by atoms with Crippen molar-refractivity contribution in [2.75, 3.05) is 13.2 Å². The van der Waals surface area contributed by atoms with E-state index in [0.717, 1.165) is 0 Å². The summed E-state index contributed by atoms with van der Waals surface area (Å²) in [6, 6.07) is 9.72. The summed E-state index contributed by atoms with van der Waals surface area (Å²) in [6.07, 6.45) is 0.194. The van der Waals surface area contributed by atoms with Gasteiger partial charge in [0.2, 0.25) is 11.8 Å². The third-order valence-corrected chi connectivity index (χ3v) is 3.32. The van der Waals surface area contributed by atoms with Crippen LogP contribution in [0.4, 0.5) is 4.79 Å². The lowest BCUT2D eigenvalue weighted by Crippen LogP contribution is -2.52. The number of cyclic esters (lactones) is 1. The Morgan fingerprint density at radius 2 is 1.52 bits per heavy atom. The monoisotopic (exact) mass is 380 g/mol. The molecule has 2 fully saturated rings. The van der Waals surface area contributed by atoms with Gasteiger partial charge >= 0.3 is 6.09 Å². The van der Waals surface area contributed by atoms with Crippen LogP contribution in [0.5, 0.6) is 0 Å². The molecule has 2 heterocycles. The number of carbonyl (C=O) groups excluding carboxylic acids is 3. The quantitative estimate of drug-likeness (QED) is 0.736. The topological polar surface area (TPSA) is 75.7 Å². The second-order valence-corrected chi connectivity index (χ2v) is 4.93. The van der Waals surface area contributed by atoms with Crippen LogP contribution in [-0.2, 0) is 14.3 Å². The zero-order valence-corrected chi connectivity index (χ0v) is 17.9. The summed E-state index contributed by atoms with van der Waals surface area (Å²) in [5.41, 5.74) is 1.32. The molecule has 1 atom stereocenters. The lowest BCUT2D eigenvalue weighted by atomic mass is 10.1. The summed E-state index contributed by atoms with van der Waals surface area (Å²) >= 11 is 0. The standard InChI is InChI=1S/C8H10N2O4.C7H8.3C2H6/c11-6-2-1-5(7(12)9-6)10-3-4-14-8(10)13;1-7-5-3-2-4-6-7;3*1-2/h5H,1-4H2,(H,9,11,12);2-6H,1H3;3*1-2H3. The minimum absolute atomic E-state index is 0.278. The molecule has 1 N–H and O–H groups in total. The Morgan fingerprint density at radius 3 is 1.89 bits per heavy atom. The first-order valence-corrected chi connectivity index (χ1v) is 9.86. The molecule has 6 nitrogen and oxygen atoms in total. The minimum Gasteiger partial charge on any atom is -0.448 e. The number of carbonyl (C=O) groups is 3. The predicted octanol–water partition coefficient (Wildman–Crippen LogP) is 4.32. The van der Waals surface area contributed by atoms with Crippen LogP contribution in [0.1, 0.15) is 59.9 Å². The van der Waals surface area contributed by atoms with Gasteiger partial charge in [-0.3, -0.25) is 19.8 Å². The highest BCUT2D eigenvalue weighted by molar-refractivity contribution is 6.01. The van der Waals surface area contributed by atoms with Crippen LogP contribution in [0.25, 0.3) is 0 Å². The average Bonchev–Trinajstić information content (AvgIpc) is 3.13. The summed E-state index contributed by atoms with van der Waals surface area (Å²) in [4.78, 5) is 34.7. The van der Waals surface area contributed by atoms with Crippen LogP contribution < -0.4 is 5.32 Å². The lowest BCUT2D eigenvalue weighted by molar-refractivity contribution is -0.136. The molecule has 27 heavy (non-hydrogen) atoms. The SMILES string of the molecule is CC.CC.CC.Cc1ccccc1.O=C1CCC(N2CCOC2=O)C(=O)N1. The molecule has 0 bridgehead atoms. The number of hydrogen-bond acceptors (Lipinski definition) is 4. The van der Waals surface area contributed by atoms with Crippen LogP contribution in [0.2, 0.25) is 0 Å². The molecule has 0 radical (unpaired) electrons. The molecular formula is C21H36N2O4. The average molecular weight is 381 g/mol. The zero-order valence-electron chi connectivity index (χ0n) is 17.9.